The molecule has 25 heavy (non-hydrogen) atoms. The molecule has 5 nitrogen and oxygen atoms in total. The van der Waals surface area contributed by atoms with Crippen LogP contribution in [0, 0.1) is 0 Å². The lowest BCUT2D eigenvalue weighted by Crippen LogP contribution is -2.15. The molecular formula is C18H19BrO5S. The van der Waals surface area contributed by atoms with Crippen LogP contribution in [0.5, 0.6) is 11.5 Å². The van der Waals surface area contributed by atoms with Gasteiger partial charge in [-0.25, -0.2) is 0 Å². The molecule has 0 saturated carbocycles. The summed E-state index contributed by atoms with van der Waals surface area (Å²) < 4.78 is 16.3. The molecule has 0 aliphatic rings. The Kier molecular flexibility index (Phi) is 7.01. The second-order valence-corrected chi connectivity index (χ2v) is 7.20. The average molecular weight is 427 g/mol. The van der Waals surface area contributed by atoms with Crippen molar-refractivity contribution >= 4 is 39.0 Å². The van der Waals surface area contributed by atoms with E-state index in [4.69, 9.17) is 14.2 Å². The number of rotatable bonds is 8. The molecule has 0 spiro atoms. The number of aryl methyl sites for hydroxylation is 1. The van der Waals surface area contributed by atoms with Crippen LogP contribution < -0.4 is 9.47 Å². The third-order valence-electron chi connectivity index (χ3n) is 3.54. The van der Waals surface area contributed by atoms with Gasteiger partial charge in [0, 0.05) is 9.35 Å². The summed E-state index contributed by atoms with van der Waals surface area (Å²) in [5, 5.41) is 0. The zero-order valence-corrected chi connectivity index (χ0v) is 16.7. The molecule has 0 amide bonds. The van der Waals surface area contributed by atoms with Crippen molar-refractivity contribution in [3.05, 3.63) is 44.1 Å². The van der Waals surface area contributed by atoms with Crippen LogP contribution in [-0.4, -0.2) is 32.6 Å². The van der Waals surface area contributed by atoms with Crippen LogP contribution >= 0.6 is 27.3 Å². The topological polar surface area (TPSA) is 61.8 Å². The first kappa shape index (κ1) is 19.5. The molecule has 1 heterocycles. The fourth-order valence-corrected chi connectivity index (χ4v) is 3.51. The van der Waals surface area contributed by atoms with Gasteiger partial charge in [0.1, 0.15) is 0 Å². The largest absolute Gasteiger partial charge is 0.493 e. The molecule has 2 aromatic rings. The summed E-state index contributed by atoms with van der Waals surface area (Å²) in [5.74, 6) is 0.416. The number of benzene rings is 1. The van der Waals surface area contributed by atoms with Gasteiger partial charge in [0.2, 0.25) is 5.78 Å². The molecule has 1 aromatic heterocycles. The molecule has 0 bridgehead atoms. The summed E-state index contributed by atoms with van der Waals surface area (Å²) >= 11 is 4.83. The molecule has 0 radical (unpaired) electrons. The van der Waals surface area contributed by atoms with Crippen LogP contribution in [0.4, 0.5) is 0 Å². The number of ketones is 1. The number of hydrogen-bond donors (Lipinski definition) is 0. The quantitative estimate of drug-likeness (QED) is 0.470. The van der Waals surface area contributed by atoms with Gasteiger partial charge in [0.15, 0.2) is 18.1 Å². The van der Waals surface area contributed by atoms with Gasteiger partial charge in [0.25, 0.3) is 0 Å². The maximum atomic E-state index is 12.1. The molecule has 0 N–H and O–H groups in total. The molecule has 0 unspecified atom stereocenters. The van der Waals surface area contributed by atoms with E-state index in [1.807, 2.05) is 13.0 Å². The van der Waals surface area contributed by atoms with Gasteiger partial charge >= 0.3 is 5.97 Å². The van der Waals surface area contributed by atoms with E-state index >= 15 is 0 Å². The predicted octanol–water partition coefficient (Wildman–Crippen LogP) is 4.06. The first-order chi connectivity index (χ1) is 12.0. The number of Topliss-reactive ketones (excluding diaryl/α,β-unsaturated/α-hetero) is 1. The van der Waals surface area contributed by atoms with E-state index in [9.17, 15) is 9.59 Å². The van der Waals surface area contributed by atoms with Crippen LogP contribution in [0.15, 0.2) is 28.7 Å². The van der Waals surface area contributed by atoms with Crippen molar-refractivity contribution in [1.29, 1.82) is 0 Å². The van der Waals surface area contributed by atoms with Crippen LogP contribution in [0.1, 0.15) is 27.0 Å². The lowest BCUT2D eigenvalue weighted by Gasteiger charge is -2.11. The van der Waals surface area contributed by atoms with E-state index in [1.165, 1.54) is 18.4 Å². The van der Waals surface area contributed by atoms with Crippen LogP contribution in [-0.2, 0) is 22.4 Å². The molecule has 7 heteroatoms. The Labute approximate surface area is 159 Å². The van der Waals surface area contributed by atoms with Gasteiger partial charge in [-0.1, -0.05) is 22.9 Å². The smallest absolute Gasteiger partial charge is 0.310 e. The third-order valence-corrected chi connectivity index (χ3v) is 5.55. The number of thiophene rings is 1. The number of ether oxygens (including phenoxy) is 3. The van der Waals surface area contributed by atoms with Crippen molar-refractivity contribution in [2.24, 2.45) is 0 Å². The summed E-state index contributed by atoms with van der Waals surface area (Å²) in [6.07, 6.45) is 0.907. The summed E-state index contributed by atoms with van der Waals surface area (Å²) in [6, 6.07) is 7.12. The van der Waals surface area contributed by atoms with Crippen molar-refractivity contribution in [3.8, 4) is 11.5 Å². The minimum Gasteiger partial charge on any atom is -0.493 e. The Balaban J connectivity index is 1.97. The number of esters is 1. The Hall–Kier alpha value is -1.86. The summed E-state index contributed by atoms with van der Waals surface area (Å²) in [5.41, 5.74) is 0.694. The Morgan fingerprint density at radius 3 is 2.40 bits per heavy atom. The minimum atomic E-state index is -0.478. The Morgan fingerprint density at radius 1 is 1.12 bits per heavy atom. The fraction of sp³-hybridized carbons (Fsp3) is 0.333. The van der Waals surface area contributed by atoms with E-state index in [1.54, 1.807) is 25.3 Å². The van der Waals surface area contributed by atoms with Crippen molar-refractivity contribution in [2.75, 3.05) is 20.8 Å². The zero-order valence-electron chi connectivity index (χ0n) is 14.3. The molecule has 0 aliphatic heterocycles. The fourth-order valence-electron chi connectivity index (χ4n) is 2.17. The number of hydrogen-bond acceptors (Lipinski definition) is 6. The summed E-state index contributed by atoms with van der Waals surface area (Å²) in [6.45, 7) is 1.77. The molecule has 0 aliphatic carbocycles. The molecule has 1 aromatic carbocycles. The predicted molar refractivity (Wildman–Crippen MR) is 99.9 cm³/mol. The van der Waals surface area contributed by atoms with E-state index in [2.05, 4.69) is 15.9 Å². The highest BCUT2D eigenvalue weighted by molar-refractivity contribution is 9.10. The highest BCUT2D eigenvalue weighted by atomic mass is 79.9. The minimum absolute atomic E-state index is 0.0267. The van der Waals surface area contributed by atoms with Crippen molar-refractivity contribution in [1.82, 2.24) is 0 Å². The monoisotopic (exact) mass is 426 g/mol. The van der Waals surface area contributed by atoms with E-state index in [-0.39, 0.29) is 18.8 Å². The number of halogens is 1. The zero-order chi connectivity index (χ0) is 18.4. The second-order valence-electron chi connectivity index (χ2n) is 5.18. The first-order valence-electron chi connectivity index (χ1n) is 7.66. The van der Waals surface area contributed by atoms with Crippen LogP contribution in [0.25, 0.3) is 0 Å². The van der Waals surface area contributed by atoms with Gasteiger partial charge in [-0.3, -0.25) is 9.59 Å². The van der Waals surface area contributed by atoms with Gasteiger partial charge in [0.05, 0.1) is 25.5 Å². The summed E-state index contributed by atoms with van der Waals surface area (Å²) in [7, 11) is 3.07. The molecular weight excluding hydrogens is 408 g/mol. The molecule has 0 saturated heterocycles. The SMILES string of the molecule is CCc1ccc(C(=O)COC(=O)Cc2cc(OC)c(OC)cc2Br)s1. The maximum absolute atomic E-state index is 12.1. The van der Waals surface area contributed by atoms with Crippen molar-refractivity contribution < 1.29 is 23.8 Å². The van der Waals surface area contributed by atoms with Gasteiger partial charge in [-0.2, -0.15) is 0 Å². The molecule has 0 atom stereocenters. The van der Waals surface area contributed by atoms with Gasteiger partial charge < -0.3 is 14.2 Å². The first-order valence-corrected chi connectivity index (χ1v) is 9.27. The Bertz CT molecular complexity index is 769. The average Bonchev–Trinajstić information content (AvgIpc) is 3.10. The molecule has 2 rings (SSSR count). The second kappa shape index (κ2) is 9.01. The molecule has 0 fully saturated rings. The van der Waals surface area contributed by atoms with Crippen molar-refractivity contribution in [2.45, 2.75) is 19.8 Å². The normalized spacial score (nSPS) is 10.4. The molecule has 134 valence electrons. The lowest BCUT2D eigenvalue weighted by molar-refractivity contribution is -0.141. The highest BCUT2D eigenvalue weighted by Gasteiger charge is 2.16. The van der Waals surface area contributed by atoms with Gasteiger partial charge in [-0.15, -0.1) is 11.3 Å². The summed E-state index contributed by atoms with van der Waals surface area (Å²) in [4.78, 5) is 25.9. The van der Waals surface area contributed by atoms with Crippen LogP contribution in [0.3, 0.4) is 0 Å². The number of methoxy groups -OCH3 is 2. The Morgan fingerprint density at radius 2 is 1.80 bits per heavy atom. The lowest BCUT2D eigenvalue weighted by atomic mass is 10.1. The van der Waals surface area contributed by atoms with E-state index in [0.717, 1.165) is 11.3 Å². The highest BCUT2D eigenvalue weighted by Crippen LogP contribution is 2.33. The standard InChI is InChI=1S/C18H19BrO5S/c1-4-12-5-6-17(25-12)14(20)10-24-18(21)8-11-7-15(22-2)16(23-3)9-13(11)19/h5-7,9H,4,8,10H2,1-3H3. The van der Waals surface area contributed by atoms with Crippen molar-refractivity contribution in [3.63, 3.8) is 0 Å². The number of carbonyl (C=O) groups is 2. The van der Waals surface area contributed by atoms with E-state index < -0.39 is 5.97 Å². The maximum Gasteiger partial charge on any atom is 0.310 e. The van der Waals surface area contributed by atoms with Crippen LogP contribution in [0.2, 0.25) is 0 Å². The van der Waals surface area contributed by atoms with Gasteiger partial charge in [-0.05, 0) is 36.2 Å². The van der Waals surface area contributed by atoms with E-state index in [0.29, 0.717) is 26.4 Å². The number of carbonyl (C=O) groups excluding carboxylic acids is 2. The third kappa shape index (κ3) is 5.06.